The maximum Gasteiger partial charge on any atom is 0.135 e. The van der Waals surface area contributed by atoms with Gasteiger partial charge in [0.25, 0.3) is 0 Å². The molecule has 10 rings (SSSR count). The second-order valence-corrected chi connectivity index (χ2v) is 13.2. The van der Waals surface area contributed by atoms with E-state index in [0.29, 0.717) is 0 Å². The summed E-state index contributed by atoms with van der Waals surface area (Å²) < 4.78 is 6.80. The topological polar surface area (TPSA) is 9.23 Å². The van der Waals surface area contributed by atoms with E-state index in [9.17, 15) is 0 Å². The van der Waals surface area contributed by atoms with Crippen LogP contribution in [0.15, 0.2) is 194 Å². The first-order chi connectivity index (χ1) is 25.3. The lowest BCUT2D eigenvalue weighted by Gasteiger charge is -2.15. The molecular weight excluding hydrogens is 617 g/mol. The molecule has 0 N–H and O–H groups in total. The van der Waals surface area contributed by atoms with Crippen LogP contribution >= 0.6 is 0 Å². The van der Waals surface area contributed by atoms with E-state index in [0.717, 1.165) is 22.6 Å². The van der Waals surface area contributed by atoms with Gasteiger partial charge in [0.05, 0.1) is 0 Å². The van der Waals surface area contributed by atoms with E-state index >= 15 is 0 Å². The second-order valence-electron chi connectivity index (χ2n) is 13.2. The third-order valence-corrected chi connectivity index (χ3v) is 10.3. The molecule has 1 nitrogen and oxygen atoms in total. The Morgan fingerprint density at radius 3 is 0.941 bits per heavy atom. The minimum Gasteiger partial charge on any atom is -0.456 e. The molecule has 0 saturated heterocycles. The molecule has 9 aromatic carbocycles. The molecule has 0 saturated carbocycles. The van der Waals surface area contributed by atoms with Crippen molar-refractivity contribution in [2.75, 3.05) is 0 Å². The summed E-state index contributed by atoms with van der Waals surface area (Å²) in [7, 11) is 0. The normalized spacial score (nSPS) is 11.7. The summed E-state index contributed by atoms with van der Waals surface area (Å²) in [6.45, 7) is 0. The van der Waals surface area contributed by atoms with E-state index in [-0.39, 0.29) is 0 Å². The maximum absolute atomic E-state index is 6.80. The highest BCUT2D eigenvalue weighted by atomic mass is 16.5. The van der Waals surface area contributed by atoms with Crippen LogP contribution in [0.4, 0.5) is 0 Å². The zero-order valence-electron chi connectivity index (χ0n) is 27.9. The SMILES string of the molecule is c1ccc(-c2ccc(-c3ccc4c(c3)-c3ccccc3-c3cc(-c5ccc(-c6ccccc6)c6ccccc56)ccc3O4)c3ccccc23)cc1. The van der Waals surface area contributed by atoms with Gasteiger partial charge in [-0.3, -0.25) is 0 Å². The summed E-state index contributed by atoms with van der Waals surface area (Å²) in [5.74, 6) is 1.72. The summed E-state index contributed by atoms with van der Waals surface area (Å²) in [5.41, 5.74) is 14.2. The first kappa shape index (κ1) is 29.2. The minimum absolute atomic E-state index is 0.862. The number of ether oxygens (including phenoxy) is 1. The van der Waals surface area contributed by atoms with Crippen LogP contribution in [0, 0.1) is 0 Å². The van der Waals surface area contributed by atoms with Gasteiger partial charge in [-0.15, -0.1) is 0 Å². The van der Waals surface area contributed by atoms with Crippen molar-refractivity contribution in [2.24, 2.45) is 0 Å². The largest absolute Gasteiger partial charge is 0.456 e. The molecule has 1 heterocycles. The Kier molecular flexibility index (Phi) is 6.89. The summed E-state index contributed by atoms with van der Waals surface area (Å²) in [6, 6.07) is 69.8. The molecule has 0 amide bonds. The van der Waals surface area contributed by atoms with Crippen molar-refractivity contribution in [2.45, 2.75) is 0 Å². The Labute approximate surface area is 297 Å². The van der Waals surface area contributed by atoms with Crippen LogP contribution in [0.25, 0.3) is 88.3 Å². The number of hydrogen-bond acceptors (Lipinski definition) is 1. The Morgan fingerprint density at radius 2 is 0.549 bits per heavy atom. The molecule has 0 atom stereocenters. The first-order valence-corrected chi connectivity index (χ1v) is 17.5. The zero-order chi connectivity index (χ0) is 33.7. The average molecular weight is 649 g/mol. The Morgan fingerprint density at radius 1 is 0.216 bits per heavy atom. The fourth-order valence-corrected chi connectivity index (χ4v) is 7.91. The molecule has 0 spiro atoms. The first-order valence-electron chi connectivity index (χ1n) is 17.5. The van der Waals surface area contributed by atoms with Crippen molar-refractivity contribution in [1.29, 1.82) is 0 Å². The van der Waals surface area contributed by atoms with Crippen LogP contribution in [0.2, 0.25) is 0 Å². The predicted molar refractivity (Wildman–Crippen MR) is 214 cm³/mol. The Bertz CT molecular complexity index is 2570. The molecule has 238 valence electrons. The number of fused-ring (bicyclic) bond motifs is 7. The summed E-state index contributed by atoms with van der Waals surface area (Å²) in [6.07, 6.45) is 0. The van der Waals surface area contributed by atoms with Gasteiger partial charge in [0.15, 0.2) is 0 Å². The molecule has 0 bridgehead atoms. The lowest BCUT2D eigenvalue weighted by molar-refractivity contribution is 0.488. The molecule has 0 radical (unpaired) electrons. The van der Waals surface area contributed by atoms with Gasteiger partial charge in [-0.1, -0.05) is 170 Å². The summed E-state index contributed by atoms with van der Waals surface area (Å²) in [5, 5.41) is 4.97. The van der Waals surface area contributed by atoms with Gasteiger partial charge in [0.2, 0.25) is 0 Å². The lowest BCUT2D eigenvalue weighted by atomic mass is 9.88. The van der Waals surface area contributed by atoms with Crippen molar-refractivity contribution >= 4 is 21.5 Å². The van der Waals surface area contributed by atoms with E-state index < -0.39 is 0 Å². The molecule has 51 heavy (non-hydrogen) atoms. The van der Waals surface area contributed by atoms with Crippen molar-refractivity contribution in [1.82, 2.24) is 0 Å². The van der Waals surface area contributed by atoms with E-state index in [4.69, 9.17) is 4.74 Å². The lowest BCUT2D eigenvalue weighted by Crippen LogP contribution is -1.90. The second kappa shape index (κ2) is 12.0. The molecule has 0 unspecified atom stereocenters. The van der Waals surface area contributed by atoms with Gasteiger partial charge in [-0.2, -0.15) is 0 Å². The molecule has 0 fully saturated rings. The van der Waals surface area contributed by atoms with Gasteiger partial charge in [0, 0.05) is 11.1 Å². The van der Waals surface area contributed by atoms with Gasteiger partial charge in [-0.05, 0) is 101 Å². The van der Waals surface area contributed by atoms with E-state index in [2.05, 4.69) is 194 Å². The molecule has 1 aliphatic heterocycles. The van der Waals surface area contributed by atoms with Crippen LogP contribution < -0.4 is 4.74 Å². The predicted octanol–water partition coefficient (Wildman–Crippen LogP) is 14.1. The Balaban J connectivity index is 1.10. The highest BCUT2D eigenvalue weighted by Gasteiger charge is 2.23. The van der Waals surface area contributed by atoms with E-state index in [1.807, 2.05) is 0 Å². The highest BCUT2D eigenvalue weighted by Crippen LogP contribution is 2.49. The minimum atomic E-state index is 0.862. The van der Waals surface area contributed by atoms with Gasteiger partial charge >= 0.3 is 0 Å². The summed E-state index contributed by atoms with van der Waals surface area (Å²) in [4.78, 5) is 0. The summed E-state index contributed by atoms with van der Waals surface area (Å²) >= 11 is 0. The Hall–Kier alpha value is -6.70. The fraction of sp³-hybridized carbons (Fsp3) is 0. The molecule has 9 aromatic rings. The third-order valence-electron chi connectivity index (χ3n) is 10.3. The average Bonchev–Trinajstić information content (AvgIpc) is 3.34. The van der Waals surface area contributed by atoms with Crippen LogP contribution in [-0.2, 0) is 0 Å². The molecule has 0 aliphatic carbocycles. The third kappa shape index (κ3) is 4.94. The number of rotatable bonds is 4. The van der Waals surface area contributed by atoms with Crippen LogP contribution in [0.1, 0.15) is 0 Å². The number of hydrogen-bond donors (Lipinski definition) is 0. The number of benzene rings is 9. The molecular formula is C50H32O. The molecule has 1 heteroatoms. The molecule has 1 aliphatic rings. The monoisotopic (exact) mass is 648 g/mol. The maximum atomic E-state index is 6.80. The van der Waals surface area contributed by atoms with Gasteiger partial charge in [-0.25, -0.2) is 0 Å². The fourth-order valence-electron chi connectivity index (χ4n) is 7.91. The highest BCUT2D eigenvalue weighted by molar-refractivity contribution is 6.07. The standard InChI is InChI=1S/C50H32O/c1-3-13-33(14-4-1)37-25-27-39(43-19-9-7-17-41(37)43)35-23-29-49-47(31-35)45-21-11-12-22-46(45)48-32-36(24-30-50(48)51-49)40-28-26-38(34-15-5-2-6-16-34)42-18-8-10-20-44(40)42/h1-32H. The van der Waals surface area contributed by atoms with Gasteiger partial charge < -0.3 is 4.74 Å². The van der Waals surface area contributed by atoms with Crippen molar-refractivity contribution in [3.8, 4) is 78.3 Å². The van der Waals surface area contributed by atoms with Crippen LogP contribution in [0.3, 0.4) is 0 Å². The van der Waals surface area contributed by atoms with E-state index in [1.165, 1.54) is 77.2 Å². The van der Waals surface area contributed by atoms with Crippen molar-refractivity contribution < 1.29 is 4.74 Å². The smallest absolute Gasteiger partial charge is 0.135 e. The van der Waals surface area contributed by atoms with Crippen LogP contribution in [0.5, 0.6) is 11.5 Å². The molecule has 0 aromatic heterocycles. The quantitative estimate of drug-likeness (QED) is 0.185. The van der Waals surface area contributed by atoms with Crippen molar-refractivity contribution in [3.05, 3.63) is 194 Å². The zero-order valence-corrected chi connectivity index (χ0v) is 27.9. The van der Waals surface area contributed by atoms with Crippen molar-refractivity contribution in [3.63, 3.8) is 0 Å². The van der Waals surface area contributed by atoms with Gasteiger partial charge in [0.1, 0.15) is 11.5 Å². The van der Waals surface area contributed by atoms with Crippen LogP contribution in [-0.4, -0.2) is 0 Å². The van der Waals surface area contributed by atoms with E-state index in [1.54, 1.807) is 0 Å².